The maximum atomic E-state index is 13.3. The smallest absolute Gasteiger partial charge is 0.272 e. The molecule has 20 heavy (non-hydrogen) atoms. The van der Waals surface area contributed by atoms with Crippen LogP contribution in [0.4, 0.5) is 15.8 Å². The summed E-state index contributed by atoms with van der Waals surface area (Å²) in [6, 6.07) is 9.32. The zero-order chi connectivity index (χ0) is 14.7. The SMILES string of the molecule is Cc1cc(NCc2ccc(Cl)c(F)c2)ccc1[N+](=O)[O-]. The van der Waals surface area contributed by atoms with Crippen LogP contribution in [0.3, 0.4) is 0 Å². The standard InChI is InChI=1S/C14H12ClFN2O2/c1-9-6-11(3-5-14(9)18(19)20)17-8-10-2-4-12(15)13(16)7-10/h2-7,17H,8H2,1H3. The molecule has 0 spiro atoms. The van der Waals surface area contributed by atoms with Crippen LogP contribution in [0, 0.1) is 22.9 Å². The molecule has 0 unspecified atom stereocenters. The lowest BCUT2D eigenvalue weighted by Gasteiger charge is -2.08. The Morgan fingerprint density at radius 3 is 2.65 bits per heavy atom. The average Bonchev–Trinajstić information content (AvgIpc) is 2.40. The van der Waals surface area contributed by atoms with E-state index in [1.807, 2.05) is 0 Å². The molecule has 0 aliphatic rings. The van der Waals surface area contributed by atoms with Crippen molar-refractivity contribution in [3.63, 3.8) is 0 Å². The molecule has 0 fully saturated rings. The molecule has 0 radical (unpaired) electrons. The lowest BCUT2D eigenvalue weighted by molar-refractivity contribution is -0.385. The maximum absolute atomic E-state index is 13.3. The zero-order valence-corrected chi connectivity index (χ0v) is 11.4. The van der Waals surface area contributed by atoms with Crippen LogP contribution in [-0.2, 0) is 6.54 Å². The van der Waals surface area contributed by atoms with E-state index in [1.54, 1.807) is 25.1 Å². The minimum atomic E-state index is -0.467. The van der Waals surface area contributed by atoms with Crippen LogP contribution < -0.4 is 5.32 Å². The largest absolute Gasteiger partial charge is 0.381 e. The van der Waals surface area contributed by atoms with Crippen molar-refractivity contribution in [3.8, 4) is 0 Å². The number of benzene rings is 2. The van der Waals surface area contributed by atoms with Gasteiger partial charge in [0, 0.05) is 23.9 Å². The fourth-order valence-corrected chi connectivity index (χ4v) is 1.94. The molecular weight excluding hydrogens is 283 g/mol. The van der Waals surface area contributed by atoms with Gasteiger partial charge in [0.05, 0.1) is 9.95 Å². The maximum Gasteiger partial charge on any atom is 0.272 e. The van der Waals surface area contributed by atoms with Crippen molar-refractivity contribution >= 4 is 23.0 Å². The summed E-state index contributed by atoms with van der Waals surface area (Å²) in [5.74, 6) is -0.467. The van der Waals surface area contributed by atoms with Crippen molar-refractivity contribution in [3.05, 3.63) is 68.5 Å². The van der Waals surface area contributed by atoms with Crippen molar-refractivity contribution in [2.45, 2.75) is 13.5 Å². The number of hydrogen-bond donors (Lipinski definition) is 1. The normalized spacial score (nSPS) is 10.3. The molecule has 0 saturated carbocycles. The van der Waals surface area contributed by atoms with Gasteiger partial charge in [-0.05, 0) is 36.8 Å². The van der Waals surface area contributed by atoms with E-state index >= 15 is 0 Å². The van der Waals surface area contributed by atoms with Gasteiger partial charge in [0.1, 0.15) is 5.82 Å². The molecule has 1 N–H and O–H groups in total. The Morgan fingerprint density at radius 2 is 2.05 bits per heavy atom. The Kier molecular flexibility index (Phi) is 4.20. The molecule has 2 aromatic carbocycles. The zero-order valence-electron chi connectivity index (χ0n) is 10.7. The molecule has 0 aliphatic carbocycles. The van der Waals surface area contributed by atoms with Crippen molar-refractivity contribution in [1.29, 1.82) is 0 Å². The van der Waals surface area contributed by atoms with Gasteiger partial charge in [0.25, 0.3) is 5.69 Å². The summed E-state index contributed by atoms with van der Waals surface area (Å²) < 4.78 is 13.3. The van der Waals surface area contributed by atoms with Crippen LogP contribution in [0.15, 0.2) is 36.4 Å². The lowest BCUT2D eigenvalue weighted by Crippen LogP contribution is -2.01. The lowest BCUT2D eigenvalue weighted by atomic mass is 10.1. The quantitative estimate of drug-likeness (QED) is 0.675. The molecule has 4 nitrogen and oxygen atoms in total. The van der Waals surface area contributed by atoms with E-state index in [0.717, 1.165) is 11.3 Å². The van der Waals surface area contributed by atoms with E-state index in [4.69, 9.17) is 11.6 Å². The van der Waals surface area contributed by atoms with Crippen LogP contribution in [0.25, 0.3) is 0 Å². The highest BCUT2D eigenvalue weighted by atomic mass is 35.5. The summed E-state index contributed by atoms with van der Waals surface area (Å²) in [4.78, 5) is 10.3. The number of nitrogens with zero attached hydrogens (tertiary/aromatic N) is 1. The summed E-state index contributed by atoms with van der Waals surface area (Å²) in [5, 5.41) is 13.9. The van der Waals surface area contributed by atoms with Gasteiger partial charge in [-0.2, -0.15) is 0 Å². The van der Waals surface area contributed by atoms with E-state index in [9.17, 15) is 14.5 Å². The van der Waals surface area contributed by atoms with Crippen molar-refractivity contribution in [2.75, 3.05) is 5.32 Å². The summed E-state index contributed by atoms with van der Waals surface area (Å²) >= 11 is 5.61. The van der Waals surface area contributed by atoms with Crippen molar-refractivity contribution in [2.24, 2.45) is 0 Å². The number of anilines is 1. The molecule has 0 bridgehead atoms. The third kappa shape index (κ3) is 3.24. The molecule has 0 aromatic heterocycles. The summed E-state index contributed by atoms with van der Waals surface area (Å²) in [6.07, 6.45) is 0. The third-order valence-corrected chi connectivity index (χ3v) is 3.18. The minimum absolute atomic E-state index is 0.0769. The minimum Gasteiger partial charge on any atom is -0.381 e. The van der Waals surface area contributed by atoms with Crippen molar-refractivity contribution < 1.29 is 9.31 Å². The first kappa shape index (κ1) is 14.3. The van der Waals surface area contributed by atoms with Crippen molar-refractivity contribution in [1.82, 2.24) is 0 Å². The van der Waals surface area contributed by atoms with Gasteiger partial charge in [0.2, 0.25) is 0 Å². The fraction of sp³-hybridized carbons (Fsp3) is 0.143. The van der Waals surface area contributed by atoms with Gasteiger partial charge in [-0.15, -0.1) is 0 Å². The Morgan fingerprint density at radius 1 is 1.30 bits per heavy atom. The van der Waals surface area contributed by atoms with Gasteiger partial charge < -0.3 is 5.32 Å². The number of hydrogen-bond acceptors (Lipinski definition) is 3. The molecule has 2 rings (SSSR count). The highest BCUT2D eigenvalue weighted by molar-refractivity contribution is 6.30. The van der Waals surface area contributed by atoms with E-state index in [0.29, 0.717) is 12.1 Å². The highest BCUT2D eigenvalue weighted by Crippen LogP contribution is 2.22. The number of nitrogens with one attached hydrogen (secondary N) is 1. The Balaban J connectivity index is 2.09. The second kappa shape index (κ2) is 5.88. The van der Waals surface area contributed by atoms with Crippen LogP contribution in [-0.4, -0.2) is 4.92 Å². The first-order chi connectivity index (χ1) is 9.47. The van der Waals surface area contributed by atoms with E-state index in [-0.39, 0.29) is 10.7 Å². The van der Waals surface area contributed by atoms with Gasteiger partial charge in [-0.3, -0.25) is 10.1 Å². The molecule has 0 heterocycles. The second-order valence-corrected chi connectivity index (χ2v) is 4.77. The van der Waals surface area contributed by atoms with Crippen LogP contribution in [0.1, 0.15) is 11.1 Å². The van der Waals surface area contributed by atoms with E-state index in [1.165, 1.54) is 18.2 Å². The summed E-state index contributed by atoms with van der Waals surface area (Å²) in [7, 11) is 0. The van der Waals surface area contributed by atoms with Gasteiger partial charge in [0.15, 0.2) is 0 Å². The van der Waals surface area contributed by atoms with Gasteiger partial charge in [-0.25, -0.2) is 4.39 Å². The molecular formula is C14H12ClFN2O2. The third-order valence-electron chi connectivity index (χ3n) is 2.87. The average molecular weight is 295 g/mol. The predicted octanol–water partition coefficient (Wildman–Crippen LogP) is 4.31. The molecule has 0 aliphatic heterocycles. The second-order valence-electron chi connectivity index (χ2n) is 4.36. The molecule has 0 amide bonds. The monoisotopic (exact) mass is 294 g/mol. The fourth-order valence-electron chi connectivity index (χ4n) is 1.82. The predicted molar refractivity (Wildman–Crippen MR) is 76.6 cm³/mol. The van der Waals surface area contributed by atoms with E-state index in [2.05, 4.69) is 5.32 Å². The number of rotatable bonds is 4. The first-order valence-corrected chi connectivity index (χ1v) is 6.28. The van der Waals surface area contributed by atoms with Gasteiger partial charge in [-0.1, -0.05) is 17.7 Å². The number of aryl methyl sites for hydroxylation is 1. The molecule has 0 saturated heterocycles. The summed E-state index contributed by atoms with van der Waals surface area (Å²) in [6.45, 7) is 2.08. The number of nitro groups is 1. The molecule has 2 aromatic rings. The Labute approximate surface area is 120 Å². The van der Waals surface area contributed by atoms with Gasteiger partial charge >= 0.3 is 0 Å². The summed E-state index contributed by atoms with van der Waals surface area (Å²) in [5.41, 5.74) is 2.13. The topological polar surface area (TPSA) is 55.2 Å². The number of nitro benzene ring substituents is 1. The van der Waals surface area contributed by atoms with E-state index < -0.39 is 10.7 Å². The number of halogens is 2. The van der Waals surface area contributed by atoms with Crippen LogP contribution in [0.5, 0.6) is 0 Å². The van der Waals surface area contributed by atoms with Crippen LogP contribution in [0.2, 0.25) is 5.02 Å². The molecule has 104 valence electrons. The Hall–Kier alpha value is -2.14. The first-order valence-electron chi connectivity index (χ1n) is 5.90. The Bertz CT molecular complexity index is 662. The highest BCUT2D eigenvalue weighted by Gasteiger charge is 2.10. The van der Waals surface area contributed by atoms with Crippen LogP contribution >= 0.6 is 11.6 Å². The molecule has 6 heteroatoms. The molecule has 0 atom stereocenters.